The lowest BCUT2D eigenvalue weighted by molar-refractivity contribution is -0.145. The number of carbonyl (C=O) groups excluding carboxylic acids is 1. The number of amides is 1. The molecule has 3 atom stereocenters. The summed E-state index contributed by atoms with van der Waals surface area (Å²) in [5.74, 6) is -1.11. The molecule has 1 amide bonds. The van der Waals surface area contributed by atoms with Gasteiger partial charge in [-0.1, -0.05) is 13.8 Å². The number of ether oxygens (including phenoxy) is 1. The van der Waals surface area contributed by atoms with Crippen molar-refractivity contribution in [3.05, 3.63) is 0 Å². The third kappa shape index (κ3) is 3.32. The standard InChI is InChI=1S/C15H25NO4/c1-3-15(2)8-12(15)13(17)16-9-11(14(18)19)10-4-6-20-7-5-10/h10-12H,3-9H2,1-2H3,(H,16,17)(H,18,19). The molecule has 3 unspecified atom stereocenters. The molecule has 1 saturated heterocycles. The van der Waals surface area contributed by atoms with Gasteiger partial charge in [-0.3, -0.25) is 9.59 Å². The molecule has 1 heterocycles. The second-order valence-corrected chi connectivity index (χ2v) is 6.40. The zero-order chi connectivity index (χ0) is 14.8. The van der Waals surface area contributed by atoms with Crippen molar-refractivity contribution < 1.29 is 19.4 Å². The highest BCUT2D eigenvalue weighted by molar-refractivity contribution is 5.83. The third-order valence-electron chi connectivity index (χ3n) is 5.12. The molecular weight excluding hydrogens is 258 g/mol. The molecule has 1 aliphatic heterocycles. The van der Waals surface area contributed by atoms with E-state index >= 15 is 0 Å². The van der Waals surface area contributed by atoms with Crippen LogP contribution in [0.1, 0.15) is 39.5 Å². The molecule has 0 radical (unpaired) electrons. The van der Waals surface area contributed by atoms with Gasteiger partial charge in [0, 0.05) is 25.7 Å². The zero-order valence-corrected chi connectivity index (χ0v) is 12.4. The van der Waals surface area contributed by atoms with Crippen molar-refractivity contribution in [3.8, 4) is 0 Å². The van der Waals surface area contributed by atoms with E-state index in [2.05, 4.69) is 19.2 Å². The second kappa shape index (κ2) is 6.12. The number of aliphatic carboxylic acids is 1. The first-order valence-electron chi connectivity index (χ1n) is 7.56. The maximum absolute atomic E-state index is 12.1. The minimum atomic E-state index is -0.814. The third-order valence-corrected chi connectivity index (χ3v) is 5.12. The van der Waals surface area contributed by atoms with Crippen LogP contribution in [0.5, 0.6) is 0 Å². The van der Waals surface area contributed by atoms with Crippen LogP contribution in [-0.2, 0) is 14.3 Å². The largest absolute Gasteiger partial charge is 0.481 e. The van der Waals surface area contributed by atoms with Crippen molar-refractivity contribution in [1.82, 2.24) is 5.32 Å². The van der Waals surface area contributed by atoms with Crippen molar-refractivity contribution >= 4 is 11.9 Å². The highest BCUT2D eigenvalue weighted by Crippen LogP contribution is 2.54. The SMILES string of the molecule is CCC1(C)CC1C(=O)NCC(C(=O)O)C1CCOCC1. The van der Waals surface area contributed by atoms with Crippen LogP contribution in [0.4, 0.5) is 0 Å². The Kier molecular flexibility index (Phi) is 4.68. The average molecular weight is 283 g/mol. The van der Waals surface area contributed by atoms with Gasteiger partial charge in [0.25, 0.3) is 0 Å². The first kappa shape index (κ1) is 15.3. The van der Waals surface area contributed by atoms with E-state index in [0.717, 1.165) is 25.7 Å². The summed E-state index contributed by atoms with van der Waals surface area (Å²) < 4.78 is 5.26. The molecule has 2 N–H and O–H groups in total. The summed E-state index contributed by atoms with van der Waals surface area (Å²) in [6.07, 6.45) is 3.45. The van der Waals surface area contributed by atoms with E-state index in [4.69, 9.17) is 4.74 Å². The highest BCUT2D eigenvalue weighted by atomic mass is 16.5. The van der Waals surface area contributed by atoms with Gasteiger partial charge in [-0.25, -0.2) is 0 Å². The van der Waals surface area contributed by atoms with Gasteiger partial charge in [0.2, 0.25) is 5.91 Å². The lowest BCUT2D eigenvalue weighted by Crippen LogP contribution is -2.39. The van der Waals surface area contributed by atoms with Gasteiger partial charge >= 0.3 is 5.97 Å². The summed E-state index contributed by atoms with van der Waals surface area (Å²) in [4.78, 5) is 23.4. The molecule has 5 nitrogen and oxygen atoms in total. The molecule has 5 heteroatoms. The Morgan fingerprint density at radius 3 is 2.55 bits per heavy atom. The van der Waals surface area contributed by atoms with Crippen LogP contribution in [0.2, 0.25) is 0 Å². The Bertz CT molecular complexity index is 378. The molecule has 114 valence electrons. The van der Waals surface area contributed by atoms with Crippen LogP contribution in [-0.4, -0.2) is 36.7 Å². The number of carboxylic acids is 1. The lowest BCUT2D eigenvalue weighted by atomic mass is 9.86. The predicted octanol–water partition coefficient (Wildman–Crippen LogP) is 1.67. The number of carbonyl (C=O) groups is 2. The topological polar surface area (TPSA) is 75.6 Å². The molecule has 1 aliphatic carbocycles. The summed E-state index contributed by atoms with van der Waals surface area (Å²) in [6.45, 7) is 5.70. The van der Waals surface area contributed by atoms with Gasteiger partial charge in [-0.15, -0.1) is 0 Å². The molecule has 2 rings (SSSR count). The van der Waals surface area contributed by atoms with Crippen LogP contribution in [0.15, 0.2) is 0 Å². The molecule has 0 aromatic rings. The summed E-state index contributed by atoms with van der Waals surface area (Å²) in [5, 5.41) is 12.2. The smallest absolute Gasteiger partial charge is 0.308 e. The van der Waals surface area contributed by atoms with Gasteiger partial charge in [-0.2, -0.15) is 0 Å². The highest BCUT2D eigenvalue weighted by Gasteiger charge is 2.52. The maximum atomic E-state index is 12.1. The molecule has 1 saturated carbocycles. The van der Waals surface area contributed by atoms with E-state index in [1.54, 1.807) is 0 Å². The fourth-order valence-electron chi connectivity index (χ4n) is 3.11. The van der Waals surface area contributed by atoms with Gasteiger partial charge in [0.1, 0.15) is 0 Å². The summed E-state index contributed by atoms with van der Waals surface area (Å²) in [7, 11) is 0. The average Bonchev–Trinajstić information content (AvgIpc) is 3.13. The second-order valence-electron chi connectivity index (χ2n) is 6.40. The van der Waals surface area contributed by atoms with Gasteiger partial charge in [-0.05, 0) is 37.0 Å². The van der Waals surface area contributed by atoms with Crippen molar-refractivity contribution in [2.24, 2.45) is 23.2 Å². The number of hydrogen-bond acceptors (Lipinski definition) is 3. The van der Waals surface area contributed by atoms with Crippen molar-refractivity contribution in [1.29, 1.82) is 0 Å². The Balaban J connectivity index is 1.83. The van der Waals surface area contributed by atoms with E-state index < -0.39 is 11.9 Å². The lowest BCUT2D eigenvalue weighted by Gasteiger charge is -2.27. The molecule has 0 spiro atoms. The fraction of sp³-hybridized carbons (Fsp3) is 0.867. The Morgan fingerprint density at radius 2 is 2.05 bits per heavy atom. The zero-order valence-electron chi connectivity index (χ0n) is 12.4. The monoisotopic (exact) mass is 283 g/mol. The van der Waals surface area contributed by atoms with Gasteiger partial charge in [0.05, 0.1) is 5.92 Å². The normalized spacial score (nSPS) is 31.6. The molecular formula is C15H25NO4. The summed E-state index contributed by atoms with van der Waals surface area (Å²) in [6, 6.07) is 0. The molecule has 0 aromatic heterocycles. The van der Waals surface area contributed by atoms with Crippen LogP contribution < -0.4 is 5.32 Å². The number of carboxylic acid groups (broad SMARTS) is 1. The molecule has 2 aliphatic rings. The van der Waals surface area contributed by atoms with Gasteiger partial charge < -0.3 is 15.2 Å². The van der Waals surface area contributed by atoms with Crippen LogP contribution in [0.25, 0.3) is 0 Å². The first-order valence-corrected chi connectivity index (χ1v) is 7.56. The molecule has 0 bridgehead atoms. The van der Waals surface area contributed by atoms with E-state index in [1.807, 2.05) is 0 Å². The minimum Gasteiger partial charge on any atom is -0.481 e. The van der Waals surface area contributed by atoms with Crippen LogP contribution in [0, 0.1) is 23.2 Å². The molecule has 2 fully saturated rings. The van der Waals surface area contributed by atoms with Crippen molar-refractivity contribution in [2.45, 2.75) is 39.5 Å². The Labute approximate surface area is 120 Å². The van der Waals surface area contributed by atoms with Crippen LogP contribution in [0.3, 0.4) is 0 Å². The van der Waals surface area contributed by atoms with E-state index in [9.17, 15) is 14.7 Å². The van der Waals surface area contributed by atoms with Crippen molar-refractivity contribution in [3.63, 3.8) is 0 Å². The van der Waals surface area contributed by atoms with E-state index in [0.29, 0.717) is 13.2 Å². The number of rotatable bonds is 6. The number of nitrogens with one attached hydrogen (secondary N) is 1. The van der Waals surface area contributed by atoms with E-state index in [1.165, 1.54) is 0 Å². The van der Waals surface area contributed by atoms with Crippen LogP contribution >= 0.6 is 0 Å². The summed E-state index contributed by atoms with van der Waals surface area (Å²) >= 11 is 0. The minimum absolute atomic E-state index is 0.0210. The molecule has 0 aromatic carbocycles. The predicted molar refractivity (Wildman–Crippen MR) is 74.2 cm³/mol. The summed E-state index contributed by atoms with van der Waals surface area (Å²) in [5.41, 5.74) is 0.126. The first-order chi connectivity index (χ1) is 9.48. The van der Waals surface area contributed by atoms with Gasteiger partial charge in [0.15, 0.2) is 0 Å². The Hall–Kier alpha value is -1.10. The molecule has 20 heavy (non-hydrogen) atoms. The van der Waals surface area contributed by atoms with Crippen molar-refractivity contribution in [2.75, 3.05) is 19.8 Å². The fourth-order valence-corrected chi connectivity index (χ4v) is 3.11. The quantitative estimate of drug-likeness (QED) is 0.777. The van der Waals surface area contributed by atoms with E-state index in [-0.39, 0.29) is 29.7 Å². The number of hydrogen-bond donors (Lipinski definition) is 2. The maximum Gasteiger partial charge on any atom is 0.308 e. The Morgan fingerprint density at radius 1 is 1.40 bits per heavy atom.